The summed E-state index contributed by atoms with van der Waals surface area (Å²) in [5, 5.41) is 11.6. The average Bonchev–Trinajstić information content (AvgIpc) is 2.68. The minimum Gasteiger partial charge on any atom is -0.374 e. The predicted octanol–water partition coefficient (Wildman–Crippen LogP) is 8.04. The van der Waals surface area contributed by atoms with Crippen LogP contribution in [0.2, 0.25) is 0 Å². The lowest BCUT2D eigenvalue weighted by Crippen LogP contribution is -2.31. The van der Waals surface area contributed by atoms with Crippen LogP contribution in [0, 0.1) is 0 Å². The van der Waals surface area contributed by atoms with Crippen LogP contribution in [-0.2, 0) is 4.79 Å². The van der Waals surface area contributed by atoms with Crippen LogP contribution in [-0.4, -0.2) is 17.2 Å². The van der Waals surface area contributed by atoms with Gasteiger partial charge in [-0.05, 0) is 13.3 Å². The van der Waals surface area contributed by atoms with Crippen LogP contribution >= 0.6 is 0 Å². The van der Waals surface area contributed by atoms with Crippen molar-refractivity contribution in [2.24, 2.45) is 0 Å². The zero-order chi connectivity index (χ0) is 21.4. The molecule has 0 aromatic carbocycles. The molecular weight excluding hydrogens is 358 g/mol. The number of hydrogen-bond acceptors (Lipinski definition) is 2. The molecule has 29 heavy (non-hydrogen) atoms. The maximum atomic E-state index is 11.4. The lowest BCUT2D eigenvalue weighted by molar-refractivity contribution is -0.123. The predicted molar refractivity (Wildman–Crippen MR) is 127 cm³/mol. The second kappa shape index (κ2) is 23.7. The van der Waals surface area contributed by atoms with E-state index in [0.29, 0.717) is 6.42 Å². The molecule has 0 aromatic rings. The Morgan fingerprint density at radius 3 is 1.14 bits per heavy atom. The van der Waals surface area contributed by atoms with Crippen LogP contribution < -0.4 is 5.32 Å². The molecule has 174 valence electrons. The maximum Gasteiger partial charge on any atom is 0.221 e. The highest BCUT2D eigenvalue weighted by Gasteiger charge is 2.03. The molecule has 2 N–H and O–H groups in total. The Morgan fingerprint density at radius 1 is 0.586 bits per heavy atom. The third-order valence-corrected chi connectivity index (χ3v) is 5.88. The van der Waals surface area contributed by atoms with Gasteiger partial charge < -0.3 is 10.4 Å². The highest BCUT2D eigenvalue weighted by atomic mass is 16.3. The molecule has 0 saturated carbocycles. The molecule has 0 aliphatic heterocycles. The van der Waals surface area contributed by atoms with E-state index in [2.05, 4.69) is 12.2 Å². The van der Waals surface area contributed by atoms with Crippen molar-refractivity contribution in [1.82, 2.24) is 5.32 Å². The van der Waals surface area contributed by atoms with Gasteiger partial charge in [-0.2, -0.15) is 0 Å². The zero-order valence-electron chi connectivity index (χ0n) is 20.0. The van der Waals surface area contributed by atoms with E-state index in [-0.39, 0.29) is 5.91 Å². The van der Waals surface area contributed by atoms with Crippen molar-refractivity contribution < 1.29 is 9.90 Å². The van der Waals surface area contributed by atoms with Crippen LogP contribution in [0.1, 0.15) is 155 Å². The Morgan fingerprint density at radius 2 is 0.862 bits per heavy atom. The van der Waals surface area contributed by atoms with Gasteiger partial charge in [0.2, 0.25) is 5.91 Å². The first-order valence-corrected chi connectivity index (χ1v) is 13.1. The van der Waals surface area contributed by atoms with E-state index in [1.165, 1.54) is 122 Å². The van der Waals surface area contributed by atoms with Crippen molar-refractivity contribution in [3.8, 4) is 0 Å². The second-order valence-corrected chi connectivity index (χ2v) is 9.06. The molecule has 0 radical (unpaired) electrons. The summed E-state index contributed by atoms with van der Waals surface area (Å²) in [4.78, 5) is 11.4. The summed E-state index contributed by atoms with van der Waals surface area (Å²) in [5.41, 5.74) is 0. The third-order valence-electron chi connectivity index (χ3n) is 5.88. The molecule has 0 fully saturated rings. The van der Waals surface area contributed by atoms with Gasteiger partial charge in [-0.3, -0.25) is 4.79 Å². The smallest absolute Gasteiger partial charge is 0.221 e. The van der Waals surface area contributed by atoms with Crippen LogP contribution in [0.15, 0.2) is 0 Å². The first-order valence-electron chi connectivity index (χ1n) is 13.1. The van der Waals surface area contributed by atoms with Crippen LogP contribution in [0.3, 0.4) is 0 Å². The molecule has 0 aliphatic carbocycles. The van der Waals surface area contributed by atoms with Crippen LogP contribution in [0.5, 0.6) is 0 Å². The van der Waals surface area contributed by atoms with Gasteiger partial charge in [0, 0.05) is 6.42 Å². The molecule has 3 heteroatoms. The second-order valence-electron chi connectivity index (χ2n) is 9.06. The maximum absolute atomic E-state index is 11.4. The van der Waals surface area contributed by atoms with Gasteiger partial charge in [-0.15, -0.1) is 0 Å². The van der Waals surface area contributed by atoms with E-state index < -0.39 is 6.23 Å². The molecule has 0 aromatic heterocycles. The average molecular weight is 412 g/mol. The summed E-state index contributed by atoms with van der Waals surface area (Å²) in [6, 6.07) is 0. The van der Waals surface area contributed by atoms with E-state index in [1.807, 2.05) is 0 Å². The monoisotopic (exact) mass is 411 g/mol. The van der Waals surface area contributed by atoms with E-state index in [0.717, 1.165) is 12.8 Å². The van der Waals surface area contributed by atoms with E-state index in [9.17, 15) is 4.79 Å². The fourth-order valence-electron chi connectivity index (χ4n) is 4.02. The van der Waals surface area contributed by atoms with Gasteiger partial charge in [0.15, 0.2) is 0 Å². The summed E-state index contributed by atoms with van der Waals surface area (Å²) >= 11 is 0. The van der Waals surface area contributed by atoms with E-state index in [1.54, 1.807) is 6.92 Å². The Bertz CT molecular complexity index is 331. The fourth-order valence-corrected chi connectivity index (χ4v) is 4.02. The summed E-state index contributed by atoms with van der Waals surface area (Å²) in [6.45, 7) is 3.87. The summed E-state index contributed by atoms with van der Waals surface area (Å²) < 4.78 is 0. The quantitative estimate of drug-likeness (QED) is 0.132. The largest absolute Gasteiger partial charge is 0.374 e. The Hall–Kier alpha value is -0.570. The first kappa shape index (κ1) is 28.4. The Kier molecular flexibility index (Phi) is 23.2. The zero-order valence-corrected chi connectivity index (χ0v) is 20.0. The number of amides is 1. The molecule has 1 amide bonds. The number of rotatable bonds is 23. The van der Waals surface area contributed by atoms with Crippen molar-refractivity contribution in [2.75, 3.05) is 0 Å². The first-order chi connectivity index (χ1) is 14.2. The normalized spacial score (nSPS) is 12.2. The minimum absolute atomic E-state index is 0.0298. The van der Waals surface area contributed by atoms with Crippen molar-refractivity contribution in [1.29, 1.82) is 0 Å². The standard InChI is InChI=1S/C26H53NO2/c1-3-4-5-6-7-8-9-10-11-12-13-14-15-16-17-18-19-20-21-22-23-24-26(29)27-25(2)28/h25,28H,3-24H2,1-2H3,(H,27,29). The summed E-state index contributed by atoms with van der Waals surface area (Å²) in [6.07, 6.45) is 28.7. The van der Waals surface area contributed by atoms with Gasteiger partial charge in [0.25, 0.3) is 0 Å². The van der Waals surface area contributed by atoms with Crippen molar-refractivity contribution in [2.45, 2.75) is 161 Å². The third kappa shape index (κ3) is 25.4. The number of nitrogens with one attached hydrogen (secondary N) is 1. The van der Waals surface area contributed by atoms with Gasteiger partial charge in [0.05, 0.1) is 0 Å². The topological polar surface area (TPSA) is 49.3 Å². The lowest BCUT2D eigenvalue weighted by atomic mass is 10.0. The van der Waals surface area contributed by atoms with Crippen LogP contribution in [0.4, 0.5) is 0 Å². The number of aliphatic hydroxyl groups is 1. The SMILES string of the molecule is CCCCCCCCCCCCCCCCCCCCCCCC(=O)NC(C)O. The lowest BCUT2D eigenvalue weighted by Gasteiger charge is -2.07. The fraction of sp³-hybridized carbons (Fsp3) is 0.962. The number of carbonyl (C=O) groups excluding carboxylic acids is 1. The molecule has 1 atom stereocenters. The highest BCUT2D eigenvalue weighted by molar-refractivity contribution is 5.75. The minimum atomic E-state index is -0.725. The van der Waals surface area contributed by atoms with E-state index in [4.69, 9.17) is 5.11 Å². The molecule has 3 nitrogen and oxygen atoms in total. The Labute approximate surface area is 182 Å². The van der Waals surface area contributed by atoms with Crippen LogP contribution in [0.25, 0.3) is 0 Å². The number of hydrogen-bond donors (Lipinski definition) is 2. The number of carbonyl (C=O) groups is 1. The summed E-state index contributed by atoms with van der Waals surface area (Å²) in [7, 11) is 0. The number of unbranched alkanes of at least 4 members (excludes halogenated alkanes) is 20. The van der Waals surface area contributed by atoms with Gasteiger partial charge in [0.1, 0.15) is 6.23 Å². The molecule has 0 saturated heterocycles. The number of aliphatic hydroxyl groups excluding tert-OH is 1. The van der Waals surface area contributed by atoms with Gasteiger partial charge in [-0.25, -0.2) is 0 Å². The van der Waals surface area contributed by atoms with E-state index >= 15 is 0 Å². The molecule has 0 aliphatic rings. The molecule has 1 unspecified atom stereocenters. The molecule has 0 rings (SSSR count). The van der Waals surface area contributed by atoms with Crippen molar-refractivity contribution in [3.05, 3.63) is 0 Å². The van der Waals surface area contributed by atoms with Crippen molar-refractivity contribution >= 4 is 5.91 Å². The molecule has 0 spiro atoms. The van der Waals surface area contributed by atoms with Gasteiger partial charge in [-0.1, -0.05) is 135 Å². The molecule has 0 heterocycles. The molecular formula is C26H53NO2. The van der Waals surface area contributed by atoms with Gasteiger partial charge >= 0.3 is 0 Å². The summed E-state index contributed by atoms with van der Waals surface area (Å²) in [5.74, 6) is -0.0298. The van der Waals surface area contributed by atoms with Crippen molar-refractivity contribution in [3.63, 3.8) is 0 Å². The highest BCUT2D eigenvalue weighted by Crippen LogP contribution is 2.15. The Balaban J connectivity index is 3.06. The molecule has 0 bridgehead atoms.